The third-order valence-electron chi connectivity index (χ3n) is 3.06. The Hall–Kier alpha value is -2.21. The fourth-order valence-corrected chi connectivity index (χ4v) is 1.97. The number of methoxy groups -OCH3 is 1. The largest absolute Gasteiger partial charge is 0.465 e. The molecule has 1 aromatic heterocycles. The van der Waals surface area contributed by atoms with Gasteiger partial charge in [-0.15, -0.1) is 10.2 Å². The molecule has 2 aromatic rings. The van der Waals surface area contributed by atoms with Crippen molar-refractivity contribution in [2.75, 3.05) is 7.11 Å². The van der Waals surface area contributed by atoms with Crippen molar-refractivity contribution in [2.45, 2.75) is 26.6 Å². The van der Waals surface area contributed by atoms with Gasteiger partial charge in [0.25, 0.3) is 0 Å². The van der Waals surface area contributed by atoms with Gasteiger partial charge in [0, 0.05) is 13.1 Å². The van der Waals surface area contributed by atoms with Gasteiger partial charge in [-0.25, -0.2) is 4.79 Å². The standard InChI is InChI=1S/C14H18N4O2/c1-3-18-10-16-17-13(18)9-15-8-11-6-4-5-7-12(11)14(19)20-2/h4-7,10,15H,3,8-9H2,1-2H3. The maximum atomic E-state index is 11.7. The van der Waals surface area contributed by atoms with Gasteiger partial charge in [-0.3, -0.25) is 0 Å². The number of nitrogens with zero attached hydrogens (tertiary/aromatic N) is 3. The Labute approximate surface area is 117 Å². The van der Waals surface area contributed by atoms with Crippen molar-refractivity contribution in [1.82, 2.24) is 20.1 Å². The first-order valence-electron chi connectivity index (χ1n) is 6.50. The molecule has 0 atom stereocenters. The van der Waals surface area contributed by atoms with E-state index in [1.54, 1.807) is 12.4 Å². The molecule has 0 aliphatic rings. The molecule has 6 heteroatoms. The Kier molecular flexibility index (Phi) is 4.84. The molecule has 0 fully saturated rings. The number of aromatic nitrogens is 3. The number of aryl methyl sites for hydroxylation is 1. The highest BCUT2D eigenvalue weighted by molar-refractivity contribution is 5.90. The summed E-state index contributed by atoms with van der Waals surface area (Å²) in [6.45, 7) is 4.05. The summed E-state index contributed by atoms with van der Waals surface area (Å²) in [4.78, 5) is 11.7. The van der Waals surface area contributed by atoms with Gasteiger partial charge in [0.05, 0.1) is 19.2 Å². The highest BCUT2D eigenvalue weighted by Crippen LogP contribution is 2.10. The molecule has 0 amide bonds. The first kappa shape index (κ1) is 14.2. The molecule has 0 radical (unpaired) electrons. The van der Waals surface area contributed by atoms with Crippen LogP contribution in [0.3, 0.4) is 0 Å². The van der Waals surface area contributed by atoms with Crippen LogP contribution in [-0.2, 0) is 24.4 Å². The number of hydrogen-bond acceptors (Lipinski definition) is 5. The van der Waals surface area contributed by atoms with Crippen molar-refractivity contribution in [3.05, 3.63) is 47.5 Å². The molecular weight excluding hydrogens is 256 g/mol. The van der Waals surface area contributed by atoms with Gasteiger partial charge in [-0.1, -0.05) is 18.2 Å². The fraction of sp³-hybridized carbons (Fsp3) is 0.357. The van der Waals surface area contributed by atoms with Crippen LogP contribution in [0.2, 0.25) is 0 Å². The van der Waals surface area contributed by atoms with Gasteiger partial charge < -0.3 is 14.6 Å². The fourth-order valence-electron chi connectivity index (χ4n) is 1.97. The monoisotopic (exact) mass is 274 g/mol. The van der Waals surface area contributed by atoms with Crippen LogP contribution in [0.4, 0.5) is 0 Å². The Bertz CT molecular complexity index is 580. The molecule has 0 spiro atoms. The average Bonchev–Trinajstić information content (AvgIpc) is 2.94. The van der Waals surface area contributed by atoms with Crippen molar-refractivity contribution in [3.8, 4) is 0 Å². The van der Waals surface area contributed by atoms with Gasteiger partial charge in [0.2, 0.25) is 0 Å². The number of esters is 1. The Balaban J connectivity index is 1.99. The van der Waals surface area contributed by atoms with Gasteiger partial charge in [-0.05, 0) is 18.6 Å². The van der Waals surface area contributed by atoms with Gasteiger partial charge >= 0.3 is 5.97 Å². The predicted octanol–water partition coefficient (Wildman–Crippen LogP) is 1.37. The first-order valence-corrected chi connectivity index (χ1v) is 6.50. The maximum Gasteiger partial charge on any atom is 0.338 e. The van der Waals surface area contributed by atoms with E-state index < -0.39 is 0 Å². The van der Waals surface area contributed by atoms with Gasteiger partial charge in [0.1, 0.15) is 12.2 Å². The maximum absolute atomic E-state index is 11.7. The van der Waals surface area contributed by atoms with Crippen molar-refractivity contribution in [1.29, 1.82) is 0 Å². The lowest BCUT2D eigenvalue weighted by Crippen LogP contribution is -2.18. The highest BCUT2D eigenvalue weighted by atomic mass is 16.5. The molecule has 0 saturated heterocycles. The number of carbonyl (C=O) groups excluding carboxylic acids is 1. The van der Waals surface area contributed by atoms with Crippen LogP contribution >= 0.6 is 0 Å². The molecule has 0 bridgehead atoms. The third kappa shape index (κ3) is 3.21. The molecule has 20 heavy (non-hydrogen) atoms. The quantitative estimate of drug-likeness (QED) is 0.806. The zero-order valence-electron chi connectivity index (χ0n) is 11.7. The molecule has 0 saturated carbocycles. The summed E-state index contributed by atoms with van der Waals surface area (Å²) in [6, 6.07) is 7.39. The minimum atomic E-state index is -0.320. The molecular formula is C14H18N4O2. The Morgan fingerprint density at radius 1 is 1.35 bits per heavy atom. The molecule has 1 N–H and O–H groups in total. The second kappa shape index (κ2) is 6.81. The second-order valence-corrected chi connectivity index (χ2v) is 4.29. The topological polar surface area (TPSA) is 69.0 Å². The molecule has 2 rings (SSSR count). The normalized spacial score (nSPS) is 10.5. The van der Waals surface area contributed by atoms with Crippen molar-refractivity contribution >= 4 is 5.97 Å². The van der Waals surface area contributed by atoms with E-state index in [9.17, 15) is 4.79 Å². The van der Waals surface area contributed by atoms with Gasteiger partial charge in [0.15, 0.2) is 0 Å². The minimum absolute atomic E-state index is 0.320. The first-order chi connectivity index (χ1) is 9.76. The summed E-state index contributed by atoms with van der Waals surface area (Å²) in [5.74, 6) is 0.558. The number of benzene rings is 1. The van der Waals surface area contributed by atoms with E-state index in [4.69, 9.17) is 4.74 Å². The molecule has 6 nitrogen and oxygen atoms in total. The summed E-state index contributed by atoms with van der Waals surface area (Å²) in [7, 11) is 1.39. The minimum Gasteiger partial charge on any atom is -0.465 e. The predicted molar refractivity (Wildman–Crippen MR) is 74.0 cm³/mol. The van der Waals surface area contributed by atoms with E-state index in [0.29, 0.717) is 18.7 Å². The van der Waals surface area contributed by atoms with E-state index in [2.05, 4.69) is 15.5 Å². The van der Waals surface area contributed by atoms with E-state index in [0.717, 1.165) is 17.9 Å². The van der Waals surface area contributed by atoms with Crippen molar-refractivity contribution in [3.63, 3.8) is 0 Å². The van der Waals surface area contributed by atoms with Gasteiger partial charge in [-0.2, -0.15) is 0 Å². The molecule has 0 aliphatic carbocycles. The van der Waals surface area contributed by atoms with E-state index in [1.165, 1.54) is 7.11 Å². The smallest absolute Gasteiger partial charge is 0.338 e. The van der Waals surface area contributed by atoms with Crippen molar-refractivity contribution < 1.29 is 9.53 Å². The zero-order valence-corrected chi connectivity index (χ0v) is 11.7. The van der Waals surface area contributed by atoms with E-state index in [-0.39, 0.29) is 5.97 Å². The molecule has 1 heterocycles. The van der Waals surface area contributed by atoms with Crippen LogP contribution in [-0.4, -0.2) is 27.8 Å². The van der Waals surface area contributed by atoms with Crippen LogP contribution in [0.5, 0.6) is 0 Å². The van der Waals surface area contributed by atoms with E-state index in [1.807, 2.05) is 29.7 Å². The molecule has 0 unspecified atom stereocenters. The number of carbonyl (C=O) groups is 1. The second-order valence-electron chi connectivity index (χ2n) is 4.29. The third-order valence-corrected chi connectivity index (χ3v) is 3.06. The van der Waals surface area contributed by atoms with E-state index >= 15 is 0 Å². The number of hydrogen-bond donors (Lipinski definition) is 1. The van der Waals surface area contributed by atoms with Crippen molar-refractivity contribution in [2.24, 2.45) is 0 Å². The van der Waals surface area contributed by atoms with Crippen LogP contribution in [0.1, 0.15) is 28.7 Å². The molecule has 0 aliphatic heterocycles. The molecule has 1 aromatic carbocycles. The summed E-state index contributed by atoms with van der Waals surface area (Å²) in [5, 5.41) is 11.2. The average molecular weight is 274 g/mol. The summed E-state index contributed by atoms with van der Waals surface area (Å²) >= 11 is 0. The lowest BCUT2D eigenvalue weighted by molar-refractivity contribution is 0.0599. The lowest BCUT2D eigenvalue weighted by Gasteiger charge is -2.09. The summed E-state index contributed by atoms with van der Waals surface area (Å²) in [6.07, 6.45) is 1.71. The number of nitrogens with one attached hydrogen (secondary N) is 1. The Morgan fingerprint density at radius 3 is 2.90 bits per heavy atom. The summed E-state index contributed by atoms with van der Waals surface area (Å²) in [5.41, 5.74) is 1.49. The van der Waals surface area contributed by atoms with Crippen LogP contribution in [0.15, 0.2) is 30.6 Å². The number of rotatable bonds is 6. The number of ether oxygens (including phenoxy) is 1. The van der Waals surface area contributed by atoms with Crippen LogP contribution in [0, 0.1) is 0 Å². The highest BCUT2D eigenvalue weighted by Gasteiger charge is 2.10. The zero-order chi connectivity index (χ0) is 14.4. The lowest BCUT2D eigenvalue weighted by atomic mass is 10.1. The van der Waals surface area contributed by atoms with Crippen LogP contribution in [0.25, 0.3) is 0 Å². The molecule has 106 valence electrons. The van der Waals surface area contributed by atoms with Crippen LogP contribution < -0.4 is 5.32 Å². The summed E-state index contributed by atoms with van der Waals surface area (Å²) < 4.78 is 6.74. The Morgan fingerprint density at radius 2 is 2.15 bits per heavy atom. The SMILES string of the molecule is CCn1cnnc1CNCc1ccccc1C(=O)OC.